The van der Waals surface area contributed by atoms with Crippen LogP contribution in [0.4, 0.5) is 0 Å². The van der Waals surface area contributed by atoms with Crippen LogP contribution in [0.2, 0.25) is 0 Å². The highest BCUT2D eigenvalue weighted by Crippen LogP contribution is 2.25. The first-order chi connectivity index (χ1) is 10.2. The smallest absolute Gasteiger partial charge is 0.119 e. The Morgan fingerprint density at radius 1 is 1.10 bits per heavy atom. The van der Waals surface area contributed by atoms with Gasteiger partial charge >= 0.3 is 0 Å². The van der Waals surface area contributed by atoms with Gasteiger partial charge in [0.15, 0.2) is 0 Å². The molecule has 0 aliphatic rings. The summed E-state index contributed by atoms with van der Waals surface area (Å²) >= 11 is 0. The van der Waals surface area contributed by atoms with Gasteiger partial charge in [-0.3, -0.25) is 4.98 Å². The SMILES string of the molecule is COc1ccc(C(N)c2cnc3ccccc3n2)c(C)c1. The van der Waals surface area contributed by atoms with E-state index < -0.39 is 0 Å². The fourth-order valence-corrected chi connectivity index (χ4v) is 2.40. The standard InChI is InChI=1S/C17H17N3O/c1-11-9-12(21-2)7-8-13(11)17(18)16-10-19-14-5-3-4-6-15(14)20-16/h3-10,17H,18H2,1-2H3. The largest absolute Gasteiger partial charge is 0.497 e. The molecule has 0 radical (unpaired) electrons. The van der Waals surface area contributed by atoms with Crippen molar-refractivity contribution in [2.45, 2.75) is 13.0 Å². The zero-order valence-corrected chi connectivity index (χ0v) is 12.1. The molecule has 0 bridgehead atoms. The van der Waals surface area contributed by atoms with Crippen molar-refractivity contribution in [3.63, 3.8) is 0 Å². The minimum atomic E-state index is -0.298. The van der Waals surface area contributed by atoms with E-state index in [2.05, 4.69) is 9.97 Å². The summed E-state index contributed by atoms with van der Waals surface area (Å²) in [5.41, 5.74) is 11.0. The van der Waals surface area contributed by atoms with E-state index in [0.29, 0.717) is 0 Å². The van der Waals surface area contributed by atoms with E-state index in [9.17, 15) is 0 Å². The lowest BCUT2D eigenvalue weighted by Gasteiger charge is -2.15. The minimum absolute atomic E-state index is 0.298. The molecule has 1 unspecified atom stereocenters. The normalized spacial score (nSPS) is 12.3. The van der Waals surface area contributed by atoms with Crippen molar-refractivity contribution in [2.75, 3.05) is 7.11 Å². The molecule has 1 aromatic heterocycles. The number of rotatable bonds is 3. The van der Waals surface area contributed by atoms with Gasteiger partial charge in [-0.1, -0.05) is 18.2 Å². The first-order valence-electron chi connectivity index (χ1n) is 6.81. The Balaban J connectivity index is 2.01. The summed E-state index contributed by atoms with van der Waals surface area (Å²) < 4.78 is 5.22. The predicted molar refractivity (Wildman–Crippen MR) is 83.3 cm³/mol. The number of ether oxygens (including phenoxy) is 1. The van der Waals surface area contributed by atoms with Crippen LogP contribution in [0.5, 0.6) is 5.75 Å². The maximum atomic E-state index is 6.36. The monoisotopic (exact) mass is 279 g/mol. The number of benzene rings is 2. The topological polar surface area (TPSA) is 61.0 Å². The summed E-state index contributed by atoms with van der Waals surface area (Å²) in [6, 6.07) is 13.4. The van der Waals surface area contributed by atoms with Gasteiger partial charge in [0.05, 0.1) is 36.1 Å². The Morgan fingerprint density at radius 3 is 2.57 bits per heavy atom. The number of methoxy groups -OCH3 is 1. The zero-order chi connectivity index (χ0) is 14.8. The first kappa shape index (κ1) is 13.5. The molecule has 2 aromatic carbocycles. The molecule has 0 amide bonds. The molecule has 0 fully saturated rings. The molecule has 1 heterocycles. The van der Waals surface area contributed by atoms with E-state index in [0.717, 1.165) is 33.6 Å². The highest BCUT2D eigenvalue weighted by molar-refractivity contribution is 5.73. The quantitative estimate of drug-likeness (QED) is 0.800. The van der Waals surface area contributed by atoms with Gasteiger partial charge in [0.1, 0.15) is 5.75 Å². The molecule has 21 heavy (non-hydrogen) atoms. The van der Waals surface area contributed by atoms with Gasteiger partial charge in [-0.25, -0.2) is 4.98 Å². The van der Waals surface area contributed by atoms with E-state index in [4.69, 9.17) is 10.5 Å². The molecule has 2 N–H and O–H groups in total. The summed E-state index contributed by atoms with van der Waals surface area (Å²) in [5, 5.41) is 0. The summed E-state index contributed by atoms with van der Waals surface area (Å²) in [6.07, 6.45) is 1.75. The van der Waals surface area contributed by atoms with E-state index in [1.54, 1.807) is 13.3 Å². The highest BCUT2D eigenvalue weighted by atomic mass is 16.5. The summed E-state index contributed by atoms with van der Waals surface area (Å²) in [7, 11) is 1.66. The van der Waals surface area contributed by atoms with Crippen LogP contribution in [-0.2, 0) is 0 Å². The summed E-state index contributed by atoms with van der Waals surface area (Å²) in [4.78, 5) is 9.04. The summed E-state index contributed by atoms with van der Waals surface area (Å²) in [5.74, 6) is 0.827. The van der Waals surface area contributed by atoms with Crippen molar-refractivity contribution >= 4 is 11.0 Å². The van der Waals surface area contributed by atoms with E-state index in [1.807, 2.05) is 49.4 Å². The van der Waals surface area contributed by atoms with Gasteiger partial charge in [0.25, 0.3) is 0 Å². The van der Waals surface area contributed by atoms with Crippen LogP contribution in [0.15, 0.2) is 48.7 Å². The molecule has 106 valence electrons. The zero-order valence-electron chi connectivity index (χ0n) is 12.1. The number of aryl methyl sites for hydroxylation is 1. The van der Waals surface area contributed by atoms with E-state index in [1.165, 1.54) is 0 Å². The molecular weight excluding hydrogens is 262 g/mol. The lowest BCUT2D eigenvalue weighted by Crippen LogP contribution is -2.15. The number of para-hydroxylation sites is 2. The third-order valence-corrected chi connectivity index (χ3v) is 3.60. The second kappa shape index (κ2) is 5.50. The number of nitrogens with zero attached hydrogens (tertiary/aromatic N) is 2. The molecule has 3 aromatic rings. The maximum absolute atomic E-state index is 6.36. The molecule has 3 rings (SSSR count). The van der Waals surface area contributed by atoms with E-state index in [-0.39, 0.29) is 6.04 Å². The van der Waals surface area contributed by atoms with Crippen molar-refractivity contribution in [2.24, 2.45) is 5.73 Å². The van der Waals surface area contributed by atoms with Crippen LogP contribution in [0.1, 0.15) is 22.9 Å². The van der Waals surface area contributed by atoms with Crippen molar-refractivity contribution in [1.82, 2.24) is 9.97 Å². The van der Waals surface area contributed by atoms with Gasteiger partial charge in [0.2, 0.25) is 0 Å². The lowest BCUT2D eigenvalue weighted by molar-refractivity contribution is 0.414. The second-order valence-electron chi connectivity index (χ2n) is 4.98. The van der Waals surface area contributed by atoms with Crippen molar-refractivity contribution in [3.05, 3.63) is 65.5 Å². The fraction of sp³-hybridized carbons (Fsp3) is 0.176. The molecule has 0 aliphatic heterocycles. The lowest BCUT2D eigenvalue weighted by atomic mass is 9.99. The van der Waals surface area contributed by atoms with Crippen LogP contribution in [-0.4, -0.2) is 17.1 Å². The summed E-state index contributed by atoms with van der Waals surface area (Å²) in [6.45, 7) is 2.02. The fourth-order valence-electron chi connectivity index (χ4n) is 2.40. The number of fused-ring (bicyclic) bond motifs is 1. The van der Waals surface area contributed by atoms with Crippen LogP contribution in [0.3, 0.4) is 0 Å². The van der Waals surface area contributed by atoms with Crippen molar-refractivity contribution in [3.8, 4) is 5.75 Å². The van der Waals surface area contributed by atoms with E-state index >= 15 is 0 Å². The third-order valence-electron chi connectivity index (χ3n) is 3.60. The number of aromatic nitrogens is 2. The van der Waals surface area contributed by atoms with Crippen LogP contribution >= 0.6 is 0 Å². The van der Waals surface area contributed by atoms with Crippen molar-refractivity contribution < 1.29 is 4.74 Å². The van der Waals surface area contributed by atoms with Gasteiger partial charge < -0.3 is 10.5 Å². The Kier molecular flexibility index (Phi) is 3.54. The minimum Gasteiger partial charge on any atom is -0.497 e. The Morgan fingerprint density at radius 2 is 1.86 bits per heavy atom. The maximum Gasteiger partial charge on any atom is 0.119 e. The Hall–Kier alpha value is -2.46. The third kappa shape index (κ3) is 2.58. The molecule has 0 saturated carbocycles. The predicted octanol–water partition coefficient (Wildman–Crippen LogP) is 2.99. The number of hydrogen-bond donors (Lipinski definition) is 1. The van der Waals surface area contributed by atoms with Crippen LogP contribution < -0.4 is 10.5 Å². The molecule has 0 spiro atoms. The van der Waals surface area contributed by atoms with Crippen molar-refractivity contribution in [1.29, 1.82) is 0 Å². The molecule has 1 atom stereocenters. The molecule has 4 heteroatoms. The number of nitrogens with two attached hydrogens (primary N) is 1. The van der Waals surface area contributed by atoms with Gasteiger partial charge in [0, 0.05) is 0 Å². The average molecular weight is 279 g/mol. The van der Waals surface area contributed by atoms with Gasteiger partial charge in [-0.05, 0) is 42.3 Å². The highest BCUT2D eigenvalue weighted by Gasteiger charge is 2.14. The van der Waals surface area contributed by atoms with Gasteiger partial charge in [-0.15, -0.1) is 0 Å². The number of hydrogen-bond acceptors (Lipinski definition) is 4. The molecule has 0 saturated heterocycles. The first-order valence-corrected chi connectivity index (χ1v) is 6.81. The van der Waals surface area contributed by atoms with Gasteiger partial charge in [-0.2, -0.15) is 0 Å². The molecule has 4 nitrogen and oxygen atoms in total. The van der Waals surface area contributed by atoms with Crippen LogP contribution in [0.25, 0.3) is 11.0 Å². The average Bonchev–Trinajstić information content (AvgIpc) is 2.53. The van der Waals surface area contributed by atoms with Crippen LogP contribution in [0, 0.1) is 6.92 Å². The molecular formula is C17H17N3O. The second-order valence-corrected chi connectivity index (χ2v) is 4.98. The molecule has 0 aliphatic carbocycles. The Labute approximate surface area is 123 Å². The Bertz CT molecular complexity index is 786.